The monoisotopic (exact) mass is 308 g/mol. The van der Waals surface area contributed by atoms with Gasteiger partial charge in [-0.2, -0.15) is 0 Å². The zero-order chi connectivity index (χ0) is 14.9. The number of hydrogen-bond acceptors (Lipinski definition) is 5. The molecular weight excluding hydrogens is 288 g/mol. The van der Waals surface area contributed by atoms with Crippen molar-refractivity contribution in [3.8, 4) is 10.8 Å². The Labute approximate surface area is 128 Å². The quantitative estimate of drug-likeness (QED) is 0.722. The molecule has 0 fully saturated rings. The number of nitrogens with zero attached hydrogens (tertiary/aromatic N) is 1. The first-order valence-electron chi connectivity index (χ1n) is 7.16. The van der Waals surface area contributed by atoms with Crippen molar-refractivity contribution in [2.75, 3.05) is 19.8 Å². The number of furan rings is 1. The van der Waals surface area contributed by atoms with E-state index in [9.17, 15) is 4.79 Å². The molecule has 2 rings (SSSR count). The third kappa shape index (κ3) is 4.99. The predicted molar refractivity (Wildman–Crippen MR) is 82.5 cm³/mol. The first-order chi connectivity index (χ1) is 10.3. The fourth-order valence-corrected chi connectivity index (χ4v) is 2.47. The number of rotatable bonds is 9. The third-order valence-electron chi connectivity index (χ3n) is 2.86. The molecule has 0 aliphatic heterocycles. The molecule has 114 valence electrons. The van der Waals surface area contributed by atoms with Crippen molar-refractivity contribution < 1.29 is 13.9 Å². The largest absolute Gasteiger partial charge is 0.462 e. The van der Waals surface area contributed by atoms with E-state index in [4.69, 9.17) is 9.15 Å². The SMILES string of the molecule is CCCCOCCCNC(=O)c1csc(-c2ccco2)n1. The zero-order valence-corrected chi connectivity index (χ0v) is 12.9. The first-order valence-corrected chi connectivity index (χ1v) is 8.04. The van der Waals surface area contributed by atoms with E-state index in [1.165, 1.54) is 11.3 Å². The van der Waals surface area contributed by atoms with Crippen LogP contribution in [0.3, 0.4) is 0 Å². The minimum atomic E-state index is -0.155. The molecule has 2 aromatic heterocycles. The number of carbonyl (C=O) groups is 1. The maximum atomic E-state index is 11.9. The molecule has 0 aliphatic carbocycles. The van der Waals surface area contributed by atoms with Crippen molar-refractivity contribution in [2.45, 2.75) is 26.2 Å². The van der Waals surface area contributed by atoms with Crippen LogP contribution >= 0.6 is 11.3 Å². The summed E-state index contributed by atoms with van der Waals surface area (Å²) < 4.78 is 10.7. The second-order valence-electron chi connectivity index (χ2n) is 4.59. The van der Waals surface area contributed by atoms with Gasteiger partial charge in [0.05, 0.1) is 6.26 Å². The molecule has 21 heavy (non-hydrogen) atoms. The second kappa shape index (κ2) is 8.59. The summed E-state index contributed by atoms with van der Waals surface area (Å²) in [5, 5.41) is 5.30. The normalized spacial score (nSPS) is 10.7. The number of unbranched alkanes of at least 4 members (excludes halogenated alkanes) is 1. The summed E-state index contributed by atoms with van der Waals surface area (Å²) in [7, 11) is 0. The summed E-state index contributed by atoms with van der Waals surface area (Å²) in [6.07, 6.45) is 4.62. The van der Waals surface area contributed by atoms with Crippen LogP contribution in [0.15, 0.2) is 28.2 Å². The van der Waals surface area contributed by atoms with E-state index < -0.39 is 0 Å². The number of carbonyl (C=O) groups excluding carboxylic acids is 1. The second-order valence-corrected chi connectivity index (χ2v) is 5.45. The summed E-state index contributed by atoms with van der Waals surface area (Å²) in [4.78, 5) is 16.2. The van der Waals surface area contributed by atoms with Crippen LogP contribution in [0.25, 0.3) is 10.8 Å². The summed E-state index contributed by atoms with van der Waals surface area (Å²) >= 11 is 1.40. The molecule has 1 N–H and O–H groups in total. The van der Waals surface area contributed by atoms with Gasteiger partial charge in [-0.25, -0.2) is 4.98 Å². The van der Waals surface area contributed by atoms with Crippen LogP contribution in [-0.2, 0) is 4.74 Å². The Bertz CT molecular complexity index is 537. The van der Waals surface area contributed by atoms with Gasteiger partial charge in [0.1, 0.15) is 5.69 Å². The molecule has 1 amide bonds. The molecule has 6 heteroatoms. The number of amides is 1. The highest BCUT2D eigenvalue weighted by Crippen LogP contribution is 2.23. The molecule has 2 aromatic rings. The summed E-state index contributed by atoms with van der Waals surface area (Å²) in [5.41, 5.74) is 0.429. The minimum Gasteiger partial charge on any atom is -0.462 e. The fourth-order valence-electron chi connectivity index (χ4n) is 1.71. The Morgan fingerprint density at radius 2 is 2.29 bits per heavy atom. The topological polar surface area (TPSA) is 64.4 Å². The lowest BCUT2D eigenvalue weighted by Gasteiger charge is -2.04. The van der Waals surface area contributed by atoms with Crippen LogP contribution in [0.4, 0.5) is 0 Å². The Morgan fingerprint density at radius 3 is 3.05 bits per heavy atom. The number of ether oxygens (including phenoxy) is 1. The van der Waals surface area contributed by atoms with E-state index in [2.05, 4.69) is 17.2 Å². The van der Waals surface area contributed by atoms with Crippen molar-refractivity contribution in [3.05, 3.63) is 29.5 Å². The molecule has 0 aromatic carbocycles. The summed E-state index contributed by atoms with van der Waals surface area (Å²) in [5.74, 6) is 0.529. The lowest BCUT2D eigenvalue weighted by molar-refractivity contribution is 0.0936. The van der Waals surface area contributed by atoms with Crippen LogP contribution in [0.1, 0.15) is 36.7 Å². The molecule has 2 heterocycles. The average molecular weight is 308 g/mol. The van der Waals surface area contributed by atoms with Crippen LogP contribution in [0, 0.1) is 0 Å². The van der Waals surface area contributed by atoms with E-state index in [-0.39, 0.29) is 5.91 Å². The number of nitrogens with one attached hydrogen (secondary N) is 1. The van der Waals surface area contributed by atoms with Gasteiger partial charge in [0.25, 0.3) is 5.91 Å². The third-order valence-corrected chi connectivity index (χ3v) is 3.72. The maximum absolute atomic E-state index is 11.9. The molecule has 0 radical (unpaired) electrons. The highest BCUT2D eigenvalue weighted by atomic mass is 32.1. The molecule has 0 bridgehead atoms. The molecular formula is C15H20N2O3S. The summed E-state index contributed by atoms with van der Waals surface area (Å²) in [6.45, 7) is 4.20. The Balaban J connectivity index is 1.69. The average Bonchev–Trinajstić information content (AvgIpc) is 3.16. The van der Waals surface area contributed by atoms with Gasteiger partial charge < -0.3 is 14.5 Å². The van der Waals surface area contributed by atoms with Gasteiger partial charge in [-0.3, -0.25) is 4.79 Å². The van der Waals surface area contributed by atoms with Crippen LogP contribution in [0.5, 0.6) is 0 Å². The smallest absolute Gasteiger partial charge is 0.270 e. The van der Waals surface area contributed by atoms with Gasteiger partial charge in [0.2, 0.25) is 0 Å². The Kier molecular flexibility index (Phi) is 6.43. The standard InChI is InChI=1S/C15H20N2O3S/c1-2-3-8-19-9-5-7-16-14(18)12-11-21-15(17-12)13-6-4-10-20-13/h4,6,10-11H,2-3,5,7-9H2,1H3,(H,16,18). The number of thiazole rings is 1. The first kappa shape index (κ1) is 15.7. The lowest BCUT2D eigenvalue weighted by Crippen LogP contribution is -2.25. The van der Waals surface area contributed by atoms with Crippen LogP contribution in [0.2, 0.25) is 0 Å². The highest BCUT2D eigenvalue weighted by Gasteiger charge is 2.12. The molecule has 5 nitrogen and oxygen atoms in total. The van der Waals surface area contributed by atoms with Gasteiger partial charge >= 0.3 is 0 Å². The van der Waals surface area contributed by atoms with Gasteiger partial charge in [0, 0.05) is 25.1 Å². The summed E-state index contributed by atoms with van der Waals surface area (Å²) in [6, 6.07) is 3.63. The van der Waals surface area contributed by atoms with Crippen molar-refractivity contribution in [1.82, 2.24) is 10.3 Å². The Hall–Kier alpha value is -1.66. The highest BCUT2D eigenvalue weighted by molar-refractivity contribution is 7.13. The number of hydrogen-bond donors (Lipinski definition) is 1. The maximum Gasteiger partial charge on any atom is 0.270 e. The van der Waals surface area contributed by atoms with Gasteiger partial charge in [0.15, 0.2) is 10.8 Å². The molecule has 0 spiro atoms. The van der Waals surface area contributed by atoms with Crippen molar-refractivity contribution in [1.29, 1.82) is 0 Å². The number of aromatic nitrogens is 1. The van der Waals surface area contributed by atoms with Gasteiger partial charge in [-0.05, 0) is 25.0 Å². The van der Waals surface area contributed by atoms with E-state index in [0.29, 0.717) is 29.6 Å². The zero-order valence-electron chi connectivity index (χ0n) is 12.1. The predicted octanol–water partition coefficient (Wildman–Crippen LogP) is 3.34. The molecule has 0 saturated carbocycles. The van der Waals surface area contributed by atoms with E-state index in [1.54, 1.807) is 17.7 Å². The van der Waals surface area contributed by atoms with Gasteiger partial charge in [-0.1, -0.05) is 13.3 Å². The van der Waals surface area contributed by atoms with Crippen LogP contribution in [-0.4, -0.2) is 30.6 Å². The van der Waals surface area contributed by atoms with Crippen molar-refractivity contribution in [2.24, 2.45) is 0 Å². The van der Waals surface area contributed by atoms with Gasteiger partial charge in [-0.15, -0.1) is 11.3 Å². The molecule has 0 atom stereocenters. The van der Waals surface area contributed by atoms with E-state index in [0.717, 1.165) is 25.9 Å². The molecule has 0 unspecified atom stereocenters. The molecule has 0 aliphatic rings. The molecule has 0 saturated heterocycles. The van der Waals surface area contributed by atoms with E-state index in [1.807, 2.05) is 6.07 Å². The Morgan fingerprint density at radius 1 is 1.43 bits per heavy atom. The van der Waals surface area contributed by atoms with Crippen molar-refractivity contribution >= 4 is 17.2 Å². The van der Waals surface area contributed by atoms with Crippen molar-refractivity contribution in [3.63, 3.8) is 0 Å². The lowest BCUT2D eigenvalue weighted by atomic mass is 10.3. The van der Waals surface area contributed by atoms with E-state index >= 15 is 0 Å². The minimum absolute atomic E-state index is 0.155. The van der Waals surface area contributed by atoms with Crippen LogP contribution < -0.4 is 5.32 Å². The fraction of sp³-hybridized carbons (Fsp3) is 0.467.